The minimum absolute atomic E-state index is 0.0295. The topological polar surface area (TPSA) is 79.7 Å². The van der Waals surface area contributed by atoms with Gasteiger partial charge in [-0.1, -0.05) is 24.3 Å². The van der Waals surface area contributed by atoms with E-state index in [9.17, 15) is 15.0 Å². The Kier molecular flexibility index (Phi) is 4.02. The second kappa shape index (κ2) is 6.48. The van der Waals surface area contributed by atoms with Gasteiger partial charge in [0, 0.05) is 10.8 Å². The number of fused-ring (bicyclic) bond motifs is 3. The first-order valence-electron chi connectivity index (χ1n) is 10.1. The molecule has 1 fully saturated rings. The number of benzene rings is 2. The zero-order valence-corrected chi connectivity index (χ0v) is 16.4. The molecule has 3 aromatic rings. The van der Waals surface area contributed by atoms with Gasteiger partial charge in [-0.15, -0.1) is 0 Å². The number of nitrogens with zero attached hydrogens (tertiary/aromatic N) is 1. The summed E-state index contributed by atoms with van der Waals surface area (Å²) in [6.45, 7) is 0. The maximum Gasteiger partial charge on any atom is 0.340 e. The molecule has 2 aromatic carbocycles. The van der Waals surface area contributed by atoms with Crippen molar-refractivity contribution in [3.8, 4) is 11.5 Å². The molecule has 2 aliphatic carbocycles. The number of rotatable bonds is 4. The van der Waals surface area contributed by atoms with Crippen molar-refractivity contribution in [1.29, 1.82) is 0 Å². The molecule has 1 saturated carbocycles. The van der Waals surface area contributed by atoms with Crippen LogP contribution in [0.25, 0.3) is 10.9 Å². The van der Waals surface area contributed by atoms with Crippen LogP contribution in [0.15, 0.2) is 36.4 Å². The van der Waals surface area contributed by atoms with E-state index in [4.69, 9.17) is 9.72 Å². The molecule has 0 spiro atoms. The van der Waals surface area contributed by atoms with Crippen LogP contribution in [0.2, 0.25) is 0 Å². The summed E-state index contributed by atoms with van der Waals surface area (Å²) in [4.78, 5) is 17.1. The summed E-state index contributed by atoms with van der Waals surface area (Å²) >= 11 is 0. The zero-order valence-electron chi connectivity index (χ0n) is 16.4. The Morgan fingerprint density at radius 1 is 1.07 bits per heavy atom. The fraction of sp³-hybridized carbons (Fsp3) is 0.333. The van der Waals surface area contributed by atoms with Crippen LogP contribution in [0.5, 0.6) is 11.5 Å². The van der Waals surface area contributed by atoms with Gasteiger partial charge in [0.25, 0.3) is 0 Å². The molecule has 0 aliphatic heterocycles. The zero-order chi connectivity index (χ0) is 20.2. The second-order valence-electron chi connectivity index (χ2n) is 8.11. The summed E-state index contributed by atoms with van der Waals surface area (Å²) in [5.41, 5.74) is 4.19. The Morgan fingerprint density at radius 2 is 1.79 bits per heavy atom. The number of aromatic nitrogens is 1. The molecule has 0 unspecified atom stereocenters. The highest BCUT2D eigenvalue weighted by molar-refractivity contribution is 6.06. The molecule has 0 bridgehead atoms. The van der Waals surface area contributed by atoms with Crippen molar-refractivity contribution in [2.45, 2.75) is 43.9 Å². The highest BCUT2D eigenvalue weighted by atomic mass is 16.5. The van der Waals surface area contributed by atoms with Crippen molar-refractivity contribution in [2.24, 2.45) is 0 Å². The lowest BCUT2D eigenvalue weighted by molar-refractivity contribution is 0.0695. The van der Waals surface area contributed by atoms with E-state index in [1.807, 2.05) is 36.4 Å². The lowest BCUT2D eigenvalue weighted by Gasteiger charge is -2.22. The molecule has 148 valence electrons. The molecule has 0 atom stereocenters. The third-order valence-corrected chi connectivity index (χ3v) is 6.52. The normalized spacial score (nSPS) is 17.0. The van der Waals surface area contributed by atoms with Crippen molar-refractivity contribution >= 4 is 16.9 Å². The molecule has 0 amide bonds. The standard InChI is InChI=1S/C24H23NO4/c1-29-16-9-7-15(8-10-16)24(12-13-24)22-21(26)19(23(27)28)18-11-6-14-4-2-3-5-17(14)20(18)25-22/h6-11,26H,2-5,12-13H2,1H3,(H,27,28). The van der Waals surface area contributed by atoms with Gasteiger partial charge in [-0.25, -0.2) is 9.78 Å². The Labute approximate surface area is 169 Å². The molecule has 2 aliphatic rings. The molecule has 29 heavy (non-hydrogen) atoms. The van der Waals surface area contributed by atoms with E-state index in [2.05, 4.69) is 0 Å². The second-order valence-corrected chi connectivity index (χ2v) is 8.11. The number of aromatic hydroxyl groups is 1. The van der Waals surface area contributed by atoms with Crippen LogP contribution in [0.1, 0.15) is 58.4 Å². The van der Waals surface area contributed by atoms with E-state index in [0.29, 0.717) is 11.1 Å². The third-order valence-electron chi connectivity index (χ3n) is 6.52. The van der Waals surface area contributed by atoms with Gasteiger partial charge in [-0.2, -0.15) is 0 Å². The molecule has 5 heteroatoms. The lowest BCUT2D eigenvalue weighted by atomic mass is 9.86. The van der Waals surface area contributed by atoms with Crippen LogP contribution in [0.3, 0.4) is 0 Å². The molecule has 1 heterocycles. The molecular weight excluding hydrogens is 366 g/mol. The third kappa shape index (κ3) is 2.68. The molecular formula is C24H23NO4. The van der Waals surface area contributed by atoms with Crippen LogP contribution in [-0.2, 0) is 18.3 Å². The van der Waals surface area contributed by atoms with Gasteiger partial charge in [-0.05, 0) is 67.3 Å². The van der Waals surface area contributed by atoms with E-state index in [-0.39, 0.29) is 11.3 Å². The van der Waals surface area contributed by atoms with Gasteiger partial charge in [-0.3, -0.25) is 0 Å². The fourth-order valence-electron chi connectivity index (χ4n) is 4.80. The van der Waals surface area contributed by atoms with E-state index < -0.39 is 11.4 Å². The predicted molar refractivity (Wildman–Crippen MR) is 110 cm³/mol. The van der Waals surface area contributed by atoms with Gasteiger partial charge < -0.3 is 14.9 Å². The lowest BCUT2D eigenvalue weighted by Crippen LogP contribution is -2.15. The Hall–Kier alpha value is -3.08. The summed E-state index contributed by atoms with van der Waals surface area (Å²) in [6.07, 6.45) is 5.79. The van der Waals surface area contributed by atoms with E-state index in [1.165, 1.54) is 5.56 Å². The first-order valence-corrected chi connectivity index (χ1v) is 10.1. The van der Waals surface area contributed by atoms with Crippen LogP contribution in [-0.4, -0.2) is 28.3 Å². The van der Waals surface area contributed by atoms with Gasteiger partial charge in [0.2, 0.25) is 0 Å². The Morgan fingerprint density at radius 3 is 2.45 bits per heavy atom. The maximum atomic E-state index is 12.1. The first-order chi connectivity index (χ1) is 14.0. The summed E-state index contributed by atoms with van der Waals surface area (Å²) in [6, 6.07) is 11.6. The quantitative estimate of drug-likeness (QED) is 0.681. The van der Waals surface area contributed by atoms with Gasteiger partial charge in [0.15, 0.2) is 5.75 Å². The average molecular weight is 389 g/mol. The number of aryl methyl sites for hydroxylation is 2. The summed E-state index contributed by atoms with van der Waals surface area (Å²) in [7, 11) is 1.63. The SMILES string of the molecule is COc1ccc(C2(c3nc4c5c(ccc4c(C(=O)O)c3O)CCCC5)CC2)cc1. The largest absolute Gasteiger partial charge is 0.505 e. The molecule has 1 aromatic heterocycles. The number of pyridine rings is 1. The van der Waals surface area contributed by atoms with Gasteiger partial charge in [0.1, 0.15) is 11.3 Å². The number of ether oxygens (including phenoxy) is 1. The van der Waals surface area contributed by atoms with Crippen LogP contribution in [0.4, 0.5) is 0 Å². The van der Waals surface area contributed by atoms with E-state index >= 15 is 0 Å². The molecule has 0 radical (unpaired) electrons. The number of hydrogen-bond donors (Lipinski definition) is 2. The minimum Gasteiger partial charge on any atom is -0.505 e. The molecule has 2 N–H and O–H groups in total. The van der Waals surface area contributed by atoms with E-state index in [1.54, 1.807) is 7.11 Å². The van der Waals surface area contributed by atoms with Crippen molar-refractivity contribution in [3.63, 3.8) is 0 Å². The van der Waals surface area contributed by atoms with Crippen LogP contribution in [0, 0.1) is 0 Å². The maximum absolute atomic E-state index is 12.1. The van der Waals surface area contributed by atoms with Gasteiger partial charge in [0.05, 0.1) is 18.3 Å². The average Bonchev–Trinajstić information content (AvgIpc) is 3.54. The molecule has 0 saturated heterocycles. The Balaban J connectivity index is 1.77. The van der Waals surface area contributed by atoms with Crippen molar-refractivity contribution < 1.29 is 19.7 Å². The number of aromatic carboxylic acids is 1. The summed E-state index contributed by atoms with van der Waals surface area (Å²) in [5.74, 6) is -0.549. The number of carboxylic acid groups (broad SMARTS) is 1. The predicted octanol–water partition coefficient (Wildman–Crippen LogP) is 4.61. The van der Waals surface area contributed by atoms with Crippen molar-refractivity contribution in [2.75, 3.05) is 7.11 Å². The monoisotopic (exact) mass is 389 g/mol. The van der Waals surface area contributed by atoms with E-state index in [0.717, 1.165) is 60.9 Å². The molecule has 5 nitrogen and oxygen atoms in total. The number of methoxy groups -OCH3 is 1. The van der Waals surface area contributed by atoms with Gasteiger partial charge >= 0.3 is 5.97 Å². The van der Waals surface area contributed by atoms with Crippen molar-refractivity contribution in [1.82, 2.24) is 4.98 Å². The number of carboxylic acids is 1. The van der Waals surface area contributed by atoms with Crippen LogP contribution < -0.4 is 4.74 Å². The number of carbonyl (C=O) groups is 1. The summed E-state index contributed by atoms with van der Waals surface area (Å²) < 4.78 is 5.26. The highest BCUT2D eigenvalue weighted by Crippen LogP contribution is 2.56. The smallest absolute Gasteiger partial charge is 0.340 e. The first kappa shape index (κ1) is 18.0. The minimum atomic E-state index is -1.11. The van der Waals surface area contributed by atoms with Crippen LogP contribution >= 0.6 is 0 Å². The number of hydrogen-bond acceptors (Lipinski definition) is 4. The molecule has 5 rings (SSSR count). The van der Waals surface area contributed by atoms with Crippen molar-refractivity contribution in [3.05, 3.63) is 64.3 Å². The highest BCUT2D eigenvalue weighted by Gasteiger charge is 2.50. The Bertz CT molecular complexity index is 1130. The fourth-order valence-corrected chi connectivity index (χ4v) is 4.80. The summed E-state index contributed by atoms with van der Waals surface area (Å²) in [5, 5.41) is 21.5.